The largest absolute Gasteiger partial charge is 0.456 e. The van der Waals surface area contributed by atoms with Crippen molar-refractivity contribution in [1.29, 1.82) is 0 Å². The minimum atomic E-state index is -0.217. The van der Waals surface area contributed by atoms with E-state index in [0.29, 0.717) is 0 Å². The second-order valence-electron chi connectivity index (χ2n) is 17.7. The topological polar surface area (TPSA) is 16.4 Å². The number of hydrogen-bond donors (Lipinski definition) is 0. The number of para-hydroxylation sites is 1. The Balaban J connectivity index is 0.978. The fourth-order valence-electron chi connectivity index (χ4n) is 10.5. The Morgan fingerprint density at radius 3 is 1.50 bits per heavy atom. The molecule has 0 radical (unpaired) electrons. The molecule has 60 heavy (non-hydrogen) atoms. The van der Waals surface area contributed by atoms with E-state index in [1.165, 1.54) is 83.2 Å². The summed E-state index contributed by atoms with van der Waals surface area (Å²) in [5.74, 6) is 0. The van der Waals surface area contributed by atoms with Gasteiger partial charge in [0.15, 0.2) is 0 Å². The van der Waals surface area contributed by atoms with Crippen LogP contribution in [0.15, 0.2) is 192 Å². The van der Waals surface area contributed by atoms with Gasteiger partial charge in [-0.1, -0.05) is 155 Å². The van der Waals surface area contributed by atoms with Gasteiger partial charge in [0.1, 0.15) is 11.2 Å². The third-order valence-electron chi connectivity index (χ3n) is 13.7. The summed E-state index contributed by atoms with van der Waals surface area (Å²) in [6, 6.07) is 69.5. The van der Waals surface area contributed by atoms with Crippen molar-refractivity contribution in [3.8, 4) is 44.5 Å². The van der Waals surface area contributed by atoms with Gasteiger partial charge in [0.2, 0.25) is 0 Å². The van der Waals surface area contributed by atoms with Crippen LogP contribution in [0.25, 0.3) is 77.2 Å². The molecule has 1 aromatic heterocycles. The van der Waals surface area contributed by atoms with Crippen molar-refractivity contribution in [2.75, 3.05) is 4.90 Å². The molecule has 2 aliphatic carbocycles. The second-order valence-corrected chi connectivity index (χ2v) is 17.7. The van der Waals surface area contributed by atoms with E-state index >= 15 is 0 Å². The van der Waals surface area contributed by atoms with E-state index in [1.807, 2.05) is 12.1 Å². The summed E-state index contributed by atoms with van der Waals surface area (Å²) in [5, 5.41) is 4.76. The first-order chi connectivity index (χ1) is 29.2. The maximum Gasteiger partial charge on any atom is 0.135 e. The molecule has 286 valence electrons. The maximum absolute atomic E-state index is 6.17. The molecule has 0 amide bonds. The van der Waals surface area contributed by atoms with Crippen LogP contribution in [0.2, 0.25) is 0 Å². The fraction of sp³-hybridized carbons (Fsp3) is 0.103. The van der Waals surface area contributed by atoms with E-state index < -0.39 is 0 Å². The summed E-state index contributed by atoms with van der Waals surface area (Å²) in [6.07, 6.45) is 0. The zero-order valence-corrected chi connectivity index (χ0v) is 34.3. The standard InChI is InChI=1S/C58H43NO/c1-57(2)50-32-39(36-13-6-5-7-14-36)21-26-44(50)46-28-24-41(34-52(46)57)59(54-19-12-16-37-15-8-9-17-43(37)54)42-25-29-47-45-27-22-40(33-51(45)58(3,4)53(47)35-42)38-23-30-56-49(31-38)48-18-10-11-20-55(48)60-56/h5-35H,1-4H3. The molecule has 2 nitrogen and oxygen atoms in total. The van der Waals surface area contributed by atoms with Crippen LogP contribution in [0.4, 0.5) is 17.1 Å². The van der Waals surface area contributed by atoms with Crippen LogP contribution >= 0.6 is 0 Å². The lowest BCUT2D eigenvalue weighted by atomic mass is 9.81. The molecule has 0 N–H and O–H groups in total. The molecular formula is C58H43NO. The summed E-state index contributed by atoms with van der Waals surface area (Å²) in [4.78, 5) is 2.49. The van der Waals surface area contributed by atoms with Crippen molar-refractivity contribution in [1.82, 2.24) is 0 Å². The zero-order chi connectivity index (χ0) is 40.3. The highest BCUT2D eigenvalue weighted by Gasteiger charge is 2.38. The van der Waals surface area contributed by atoms with E-state index in [-0.39, 0.29) is 10.8 Å². The first kappa shape index (κ1) is 34.8. The predicted octanol–water partition coefficient (Wildman–Crippen LogP) is 16.2. The van der Waals surface area contributed by atoms with E-state index in [1.54, 1.807) is 0 Å². The van der Waals surface area contributed by atoms with E-state index in [0.717, 1.165) is 33.3 Å². The lowest BCUT2D eigenvalue weighted by Gasteiger charge is -2.30. The van der Waals surface area contributed by atoms with Gasteiger partial charge in [0.25, 0.3) is 0 Å². The zero-order valence-electron chi connectivity index (χ0n) is 34.3. The minimum Gasteiger partial charge on any atom is -0.456 e. The van der Waals surface area contributed by atoms with Gasteiger partial charge in [0, 0.05) is 38.4 Å². The third-order valence-corrected chi connectivity index (χ3v) is 13.7. The molecule has 0 spiro atoms. The number of fused-ring (bicyclic) bond motifs is 10. The van der Waals surface area contributed by atoms with Gasteiger partial charge >= 0.3 is 0 Å². The molecule has 9 aromatic carbocycles. The molecule has 0 saturated carbocycles. The smallest absolute Gasteiger partial charge is 0.135 e. The summed E-state index contributed by atoms with van der Waals surface area (Å²) in [5.41, 5.74) is 20.6. The Morgan fingerprint density at radius 1 is 0.350 bits per heavy atom. The van der Waals surface area contributed by atoms with Crippen molar-refractivity contribution in [3.63, 3.8) is 0 Å². The average molecular weight is 770 g/mol. The SMILES string of the molecule is CC1(C)c2cc(-c3ccccc3)ccc2-c2ccc(N(c3ccc4c(c3)C(C)(C)c3cc(-c5ccc6oc7ccccc7c6c5)ccc3-4)c3cccc4ccccc34)cc21. The first-order valence-electron chi connectivity index (χ1n) is 21.1. The molecule has 0 fully saturated rings. The second kappa shape index (κ2) is 12.7. The summed E-state index contributed by atoms with van der Waals surface area (Å²) in [6.45, 7) is 9.55. The van der Waals surface area contributed by atoms with Gasteiger partial charge in [-0.05, 0) is 133 Å². The number of anilines is 3. The summed E-state index contributed by atoms with van der Waals surface area (Å²) < 4.78 is 6.17. The van der Waals surface area contributed by atoms with Crippen molar-refractivity contribution in [2.45, 2.75) is 38.5 Å². The van der Waals surface area contributed by atoms with Gasteiger partial charge in [-0.2, -0.15) is 0 Å². The number of benzene rings is 9. The molecule has 12 rings (SSSR count). The normalized spacial score (nSPS) is 14.3. The minimum absolute atomic E-state index is 0.176. The number of nitrogens with zero attached hydrogens (tertiary/aromatic N) is 1. The highest BCUT2D eigenvalue weighted by atomic mass is 16.3. The molecule has 10 aromatic rings. The van der Waals surface area contributed by atoms with Crippen LogP contribution < -0.4 is 4.90 Å². The quantitative estimate of drug-likeness (QED) is 0.173. The van der Waals surface area contributed by atoms with Gasteiger partial charge < -0.3 is 9.32 Å². The Morgan fingerprint density at radius 2 is 0.833 bits per heavy atom. The lowest BCUT2D eigenvalue weighted by Crippen LogP contribution is -2.18. The van der Waals surface area contributed by atoms with E-state index in [2.05, 4.69) is 209 Å². The van der Waals surface area contributed by atoms with Crippen LogP contribution in [-0.4, -0.2) is 0 Å². The monoisotopic (exact) mass is 769 g/mol. The molecule has 0 aliphatic heterocycles. The molecule has 2 heteroatoms. The molecule has 0 saturated heterocycles. The molecule has 2 aliphatic rings. The lowest BCUT2D eigenvalue weighted by molar-refractivity contribution is 0.660. The fourth-order valence-corrected chi connectivity index (χ4v) is 10.5. The van der Waals surface area contributed by atoms with Gasteiger partial charge in [-0.25, -0.2) is 0 Å². The third kappa shape index (κ3) is 5.07. The Kier molecular flexibility index (Phi) is 7.36. The molecule has 1 heterocycles. The first-order valence-corrected chi connectivity index (χ1v) is 21.1. The molecule has 0 unspecified atom stereocenters. The van der Waals surface area contributed by atoms with Crippen molar-refractivity contribution >= 4 is 49.8 Å². The summed E-state index contributed by atoms with van der Waals surface area (Å²) >= 11 is 0. The molecule has 0 atom stereocenters. The van der Waals surface area contributed by atoms with Gasteiger partial charge in [-0.3, -0.25) is 0 Å². The molecular weight excluding hydrogens is 727 g/mol. The van der Waals surface area contributed by atoms with Gasteiger partial charge in [0.05, 0.1) is 5.69 Å². The van der Waals surface area contributed by atoms with Crippen LogP contribution in [0, 0.1) is 0 Å². The van der Waals surface area contributed by atoms with Crippen LogP contribution in [0.5, 0.6) is 0 Å². The summed E-state index contributed by atoms with van der Waals surface area (Å²) in [7, 11) is 0. The Bertz CT molecular complexity index is 3380. The average Bonchev–Trinajstić information content (AvgIpc) is 3.85. The Hall–Kier alpha value is -7.16. The van der Waals surface area contributed by atoms with E-state index in [4.69, 9.17) is 4.42 Å². The van der Waals surface area contributed by atoms with Crippen LogP contribution in [0.1, 0.15) is 49.9 Å². The Labute approximate surface area is 351 Å². The van der Waals surface area contributed by atoms with Crippen molar-refractivity contribution in [2.24, 2.45) is 0 Å². The highest BCUT2D eigenvalue weighted by Crippen LogP contribution is 2.54. The van der Waals surface area contributed by atoms with Crippen LogP contribution in [-0.2, 0) is 10.8 Å². The number of rotatable bonds is 5. The molecule has 0 bridgehead atoms. The number of hydrogen-bond acceptors (Lipinski definition) is 2. The van der Waals surface area contributed by atoms with Crippen molar-refractivity contribution in [3.05, 3.63) is 210 Å². The maximum atomic E-state index is 6.17. The van der Waals surface area contributed by atoms with Gasteiger partial charge in [-0.15, -0.1) is 0 Å². The number of furan rings is 1. The van der Waals surface area contributed by atoms with Crippen LogP contribution in [0.3, 0.4) is 0 Å². The highest BCUT2D eigenvalue weighted by molar-refractivity contribution is 6.06. The predicted molar refractivity (Wildman–Crippen MR) is 252 cm³/mol. The van der Waals surface area contributed by atoms with E-state index in [9.17, 15) is 0 Å². The van der Waals surface area contributed by atoms with Crippen molar-refractivity contribution < 1.29 is 4.42 Å².